The molecule has 0 saturated heterocycles. The molecule has 1 aromatic carbocycles. The van der Waals surface area contributed by atoms with Gasteiger partial charge in [0, 0.05) is 17.4 Å². The van der Waals surface area contributed by atoms with E-state index in [0.717, 1.165) is 22.3 Å². The Morgan fingerprint density at radius 2 is 2.29 bits per heavy atom. The Morgan fingerprint density at radius 3 is 3.00 bits per heavy atom. The number of rotatable bonds is 1. The number of fused-ring (bicyclic) bond motifs is 3. The van der Waals surface area contributed by atoms with E-state index < -0.39 is 5.97 Å². The summed E-state index contributed by atoms with van der Waals surface area (Å²) in [4.78, 5) is 10.9. The molecule has 84 valence electrons. The highest BCUT2D eigenvalue weighted by atomic mass is 16.4. The molecular formula is C13H9NO3. The minimum atomic E-state index is -0.791. The van der Waals surface area contributed by atoms with Gasteiger partial charge in [0.1, 0.15) is 11.3 Å². The van der Waals surface area contributed by atoms with Crippen LogP contribution in [0.15, 0.2) is 22.6 Å². The largest absolute Gasteiger partial charge is 0.481 e. The molecule has 0 aliphatic heterocycles. The van der Waals surface area contributed by atoms with Crippen LogP contribution in [0.4, 0.5) is 0 Å². The van der Waals surface area contributed by atoms with E-state index in [9.17, 15) is 4.79 Å². The highest BCUT2D eigenvalue weighted by Crippen LogP contribution is 2.35. The van der Waals surface area contributed by atoms with Gasteiger partial charge in [0.2, 0.25) is 0 Å². The average Bonchev–Trinajstić information content (AvgIpc) is 2.85. The topological polar surface area (TPSA) is 74.2 Å². The molecule has 2 aromatic rings. The lowest BCUT2D eigenvalue weighted by Gasteiger charge is -2.01. The van der Waals surface area contributed by atoms with Crippen molar-refractivity contribution >= 4 is 16.9 Å². The maximum Gasteiger partial charge on any atom is 0.307 e. The van der Waals surface area contributed by atoms with Gasteiger partial charge in [-0.1, -0.05) is 0 Å². The average molecular weight is 227 g/mol. The molecule has 0 bridgehead atoms. The molecule has 1 atom stereocenters. The van der Waals surface area contributed by atoms with Crippen LogP contribution < -0.4 is 0 Å². The van der Waals surface area contributed by atoms with Crippen molar-refractivity contribution in [2.75, 3.05) is 0 Å². The highest BCUT2D eigenvalue weighted by molar-refractivity contribution is 5.86. The summed E-state index contributed by atoms with van der Waals surface area (Å²) in [5.41, 5.74) is 2.25. The van der Waals surface area contributed by atoms with Crippen molar-refractivity contribution < 1.29 is 14.3 Å². The lowest BCUT2D eigenvalue weighted by Crippen LogP contribution is -2.13. The van der Waals surface area contributed by atoms with E-state index >= 15 is 0 Å². The molecule has 4 heteroatoms. The zero-order valence-electron chi connectivity index (χ0n) is 8.93. The van der Waals surface area contributed by atoms with Gasteiger partial charge in [0.15, 0.2) is 0 Å². The van der Waals surface area contributed by atoms with Crippen molar-refractivity contribution in [2.24, 2.45) is 5.92 Å². The highest BCUT2D eigenvalue weighted by Gasteiger charge is 2.31. The van der Waals surface area contributed by atoms with Gasteiger partial charge in [-0.25, -0.2) is 0 Å². The quantitative estimate of drug-likeness (QED) is 0.809. The second-order valence-electron chi connectivity index (χ2n) is 4.27. The third kappa shape index (κ3) is 1.40. The Bertz CT molecular complexity index is 663. The number of carbonyl (C=O) groups is 1. The summed E-state index contributed by atoms with van der Waals surface area (Å²) in [6, 6.07) is 7.31. The summed E-state index contributed by atoms with van der Waals surface area (Å²) in [5, 5.41) is 18.7. The summed E-state index contributed by atoms with van der Waals surface area (Å²) in [7, 11) is 0. The van der Waals surface area contributed by atoms with Crippen molar-refractivity contribution in [1.82, 2.24) is 0 Å². The molecule has 1 aromatic heterocycles. The van der Waals surface area contributed by atoms with Gasteiger partial charge >= 0.3 is 5.97 Å². The number of carboxylic acid groups (broad SMARTS) is 1. The predicted octanol–water partition coefficient (Wildman–Crippen LogP) is 2.10. The number of hydrogen-bond donors (Lipinski definition) is 1. The maximum atomic E-state index is 10.9. The van der Waals surface area contributed by atoms with E-state index in [1.165, 1.54) is 0 Å². The zero-order chi connectivity index (χ0) is 12.0. The summed E-state index contributed by atoms with van der Waals surface area (Å²) < 4.78 is 5.62. The van der Waals surface area contributed by atoms with E-state index in [1.54, 1.807) is 18.2 Å². The maximum absolute atomic E-state index is 10.9. The molecule has 0 amide bonds. The van der Waals surface area contributed by atoms with Gasteiger partial charge in [0.25, 0.3) is 0 Å². The molecule has 0 radical (unpaired) electrons. The Labute approximate surface area is 97.1 Å². The van der Waals surface area contributed by atoms with E-state index in [-0.39, 0.29) is 5.92 Å². The fraction of sp³-hybridized carbons (Fsp3) is 0.231. The molecular weight excluding hydrogens is 218 g/mol. The van der Waals surface area contributed by atoms with Crippen molar-refractivity contribution in [3.05, 3.63) is 35.1 Å². The molecule has 4 nitrogen and oxygen atoms in total. The predicted molar refractivity (Wildman–Crippen MR) is 59.5 cm³/mol. The van der Waals surface area contributed by atoms with Crippen LogP contribution in [0.1, 0.15) is 16.9 Å². The molecule has 1 heterocycles. The van der Waals surface area contributed by atoms with E-state index in [0.29, 0.717) is 18.4 Å². The van der Waals surface area contributed by atoms with Crippen molar-refractivity contribution in [3.8, 4) is 6.07 Å². The number of nitrogens with zero attached hydrogens (tertiary/aromatic N) is 1. The van der Waals surface area contributed by atoms with Gasteiger partial charge in [0.05, 0.1) is 17.6 Å². The molecule has 17 heavy (non-hydrogen) atoms. The summed E-state index contributed by atoms with van der Waals surface area (Å²) >= 11 is 0. The van der Waals surface area contributed by atoms with Crippen LogP contribution in [0.5, 0.6) is 0 Å². The fourth-order valence-corrected chi connectivity index (χ4v) is 2.37. The number of carboxylic acids is 1. The smallest absolute Gasteiger partial charge is 0.307 e. The second-order valence-corrected chi connectivity index (χ2v) is 4.27. The van der Waals surface area contributed by atoms with Crippen LogP contribution >= 0.6 is 0 Å². The van der Waals surface area contributed by atoms with Crippen molar-refractivity contribution in [2.45, 2.75) is 12.8 Å². The van der Waals surface area contributed by atoms with Gasteiger partial charge in [-0.3, -0.25) is 4.79 Å². The number of hydrogen-bond acceptors (Lipinski definition) is 3. The van der Waals surface area contributed by atoms with Crippen LogP contribution in [0, 0.1) is 17.2 Å². The van der Waals surface area contributed by atoms with Gasteiger partial charge in [-0.15, -0.1) is 0 Å². The Hall–Kier alpha value is -2.28. The number of aliphatic carboxylic acids is 1. The third-order valence-corrected chi connectivity index (χ3v) is 3.24. The summed E-state index contributed by atoms with van der Waals surface area (Å²) in [6.07, 6.45) is 0.938. The van der Waals surface area contributed by atoms with Crippen molar-refractivity contribution in [3.63, 3.8) is 0 Å². The molecule has 1 unspecified atom stereocenters. The van der Waals surface area contributed by atoms with Gasteiger partial charge in [-0.05, 0) is 24.6 Å². The van der Waals surface area contributed by atoms with Crippen LogP contribution in [0.2, 0.25) is 0 Å². The van der Waals surface area contributed by atoms with E-state index in [1.807, 2.05) is 0 Å². The van der Waals surface area contributed by atoms with Crippen molar-refractivity contribution in [1.29, 1.82) is 5.26 Å². The fourth-order valence-electron chi connectivity index (χ4n) is 2.37. The van der Waals surface area contributed by atoms with Gasteiger partial charge in [-0.2, -0.15) is 5.26 Å². The third-order valence-electron chi connectivity index (χ3n) is 3.24. The first kappa shape index (κ1) is 9.91. The first-order chi connectivity index (χ1) is 8.19. The standard InChI is InChI=1S/C13H9NO3/c14-6-7-1-2-11-9(3-7)10-4-8(13(15)16)5-12(10)17-11/h1-3,8H,4-5H2,(H,15,16). The Balaban J connectivity index is 2.14. The van der Waals surface area contributed by atoms with Crippen LogP contribution in [-0.2, 0) is 17.6 Å². The molecule has 3 rings (SSSR count). The molecule has 1 aliphatic rings. The van der Waals surface area contributed by atoms with Crippen LogP contribution in [-0.4, -0.2) is 11.1 Å². The molecule has 1 aliphatic carbocycles. The lowest BCUT2D eigenvalue weighted by atomic mass is 10.0. The molecule has 0 fully saturated rings. The number of benzene rings is 1. The minimum absolute atomic E-state index is 0.390. The second kappa shape index (κ2) is 3.36. The van der Waals surface area contributed by atoms with Gasteiger partial charge < -0.3 is 9.52 Å². The molecule has 1 N–H and O–H groups in total. The first-order valence-corrected chi connectivity index (χ1v) is 5.36. The van der Waals surface area contributed by atoms with Crippen LogP contribution in [0.3, 0.4) is 0 Å². The van der Waals surface area contributed by atoms with E-state index in [4.69, 9.17) is 14.8 Å². The Morgan fingerprint density at radius 1 is 1.47 bits per heavy atom. The summed E-state index contributed by atoms with van der Waals surface area (Å²) in [6.45, 7) is 0. The number of nitriles is 1. The van der Waals surface area contributed by atoms with E-state index in [2.05, 4.69) is 6.07 Å². The molecule has 0 spiro atoms. The normalized spacial score (nSPS) is 17.9. The molecule has 0 saturated carbocycles. The Kier molecular flexibility index (Phi) is 1.96. The van der Waals surface area contributed by atoms with Crippen LogP contribution in [0.25, 0.3) is 11.0 Å². The summed E-state index contributed by atoms with van der Waals surface area (Å²) in [5.74, 6) is -0.428. The SMILES string of the molecule is N#Cc1ccc2oc3c(c2c1)CC(C(=O)O)C3. The number of furan rings is 1. The minimum Gasteiger partial charge on any atom is -0.481 e. The first-order valence-electron chi connectivity index (χ1n) is 5.36. The lowest BCUT2D eigenvalue weighted by molar-refractivity contribution is -0.141. The zero-order valence-corrected chi connectivity index (χ0v) is 8.93. The monoisotopic (exact) mass is 227 g/mol.